The summed E-state index contributed by atoms with van der Waals surface area (Å²) in [6, 6.07) is 6.04. The zero-order valence-electron chi connectivity index (χ0n) is 12.3. The minimum absolute atomic E-state index is 0.221. The van der Waals surface area contributed by atoms with Crippen LogP contribution >= 0.6 is 23.2 Å². The first-order chi connectivity index (χ1) is 8.69. The second-order valence-electron chi connectivity index (χ2n) is 6.77. The van der Waals surface area contributed by atoms with Crippen LogP contribution in [0.3, 0.4) is 0 Å². The predicted octanol–water partition coefficient (Wildman–Crippen LogP) is 5.33. The van der Waals surface area contributed by atoms with Gasteiger partial charge in [-0.05, 0) is 41.8 Å². The highest BCUT2D eigenvalue weighted by Crippen LogP contribution is 2.68. The monoisotopic (exact) mass is 299 g/mol. The van der Waals surface area contributed by atoms with Crippen LogP contribution in [0, 0.1) is 16.7 Å². The third kappa shape index (κ3) is 2.53. The average Bonchev–Trinajstić information content (AvgIpc) is 2.70. The molecule has 1 nitrogen and oxygen atoms in total. The van der Waals surface area contributed by atoms with Crippen LogP contribution in [-0.4, -0.2) is 6.54 Å². The average molecular weight is 300 g/mol. The van der Waals surface area contributed by atoms with Gasteiger partial charge >= 0.3 is 0 Å². The summed E-state index contributed by atoms with van der Waals surface area (Å²) in [7, 11) is 0. The maximum atomic E-state index is 6.26. The standard InChI is InChI=1S/C16H23Cl2N/c1-10(11-7-6-8-12(17)14(11)18)19-9-13-15(2,3)16(13,4)5/h6-8,10,13,19H,9H2,1-5H3. The molecular weight excluding hydrogens is 277 g/mol. The van der Waals surface area contributed by atoms with E-state index in [0.29, 0.717) is 26.8 Å². The Morgan fingerprint density at radius 2 is 1.74 bits per heavy atom. The van der Waals surface area contributed by atoms with Crippen molar-refractivity contribution in [2.75, 3.05) is 6.54 Å². The van der Waals surface area contributed by atoms with E-state index in [-0.39, 0.29) is 6.04 Å². The fourth-order valence-electron chi connectivity index (χ4n) is 3.10. The van der Waals surface area contributed by atoms with Crippen molar-refractivity contribution in [1.82, 2.24) is 5.32 Å². The molecule has 1 saturated carbocycles. The Bertz CT molecular complexity index is 466. The molecule has 1 aromatic rings. The molecule has 106 valence electrons. The molecule has 2 rings (SSSR count). The maximum absolute atomic E-state index is 6.26. The number of benzene rings is 1. The zero-order chi connectivity index (χ0) is 14.4. The topological polar surface area (TPSA) is 12.0 Å². The second-order valence-corrected chi connectivity index (χ2v) is 7.55. The van der Waals surface area contributed by atoms with Gasteiger partial charge in [-0.25, -0.2) is 0 Å². The van der Waals surface area contributed by atoms with E-state index in [4.69, 9.17) is 23.2 Å². The Morgan fingerprint density at radius 3 is 2.26 bits per heavy atom. The molecule has 0 radical (unpaired) electrons. The van der Waals surface area contributed by atoms with E-state index in [1.165, 1.54) is 0 Å². The summed E-state index contributed by atoms with van der Waals surface area (Å²) in [4.78, 5) is 0. The lowest BCUT2D eigenvalue weighted by atomic mass is 10.0. The normalized spacial score (nSPS) is 22.3. The summed E-state index contributed by atoms with van der Waals surface area (Å²) in [5.74, 6) is 0.709. The van der Waals surface area contributed by atoms with Gasteiger partial charge in [-0.2, -0.15) is 0 Å². The first-order valence-corrected chi connectivity index (χ1v) is 7.62. The van der Waals surface area contributed by atoms with Gasteiger partial charge in [0, 0.05) is 6.04 Å². The summed E-state index contributed by atoms with van der Waals surface area (Å²) in [6.07, 6.45) is 0. The Morgan fingerprint density at radius 1 is 1.16 bits per heavy atom. The summed E-state index contributed by atoms with van der Waals surface area (Å²) >= 11 is 12.3. The van der Waals surface area contributed by atoms with Gasteiger partial charge in [-0.3, -0.25) is 0 Å². The first kappa shape index (κ1) is 15.2. The summed E-state index contributed by atoms with van der Waals surface area (Å²) in [5, 5.41) is 4.89. The smallest absolute Gasteiger partial charge is 0.0639 e. The third-order valence-electron chi connectivity index (χ3n) is 5.40. The highest BCUT2D eigenvalue weighted by Gasteiger charge is 2.63. The van der Waals surface area contributed by atoms with Gasteiger partial charge in [0.2, 0.25) is 0 Å². The van der Waals surface area contributed by atoms with Crippen molar-refractivity contribution in [1.29, 1.82) is 0 Å². The molecule has 1 N–H and O–H groups in total. The molecular formula is C16H23Cl2N. The van der Waals surface area contributed by atoms with Gasteiger partial charge < -0.3 is 5.32 Å². The molecule has 1 fully saturated rings. The number of nitrogens with one attached hydrogen (secondary N) is 1. The zero-order valence-corrected chi connectivity index (χ0v) is 13.9. The Hall–Kier alpha value is -0.240. The molecule has 0 aliphatic heterocycles. The molecule has 1 unspecified atom stereocenters. The molecule has 1 aromatic carbocycles. The molecule has 19 heavy (non-hydrogen) atoms. The van der Waals surface area contributed by atoms with Crippen molar-refractivity contribution in [2.45, 2.75) is 40.7 Å². The number of hydrogen-bond donors (Lipinski definition) is 1. The Balaban J connectivity index is 2.00. The van der Waals surface area contributed by atoms with Crippen molar-refractivity contribution in [3.63, 3.8) is 0 Å². The van der Waals surface area contributed by atoms with E-state index in [2.05, 4.69) is 39.9 Å². The van der Waals surface area contributed by atoms with Gasteiger partial charge in [0.1, 0.15) is 0 Å². The minimum Gasteiger partial charge on any atom is -0.310 e. The van der Waals surface area contributed by atoms with Crippen LogP contribution in [0.25, 0.3) is 0 Å². The minimum atomic E-state index is 0.221. The van der Waals surface area contributed by atoms with Crippen molar-refractivity contribution in [3.05, 3.63) is 33.8 Å². The van der Waals surface area contributed by atoms with Crippen LogP contribution in [0.15, 0.2) is 18.2 Å². The van der Waals surface area contributed by atoms with E-state index in [9.17, 15) is 0 Å². The van der Waals surface area contributed by atoms with Crippen LogP contribution in [0.5, 0.6) is 0 Å². The molecule has 0 heterocycles. The molecule has 0 amide bonds. The predicted molar refractivity (Wildman–Crippen MR) is 83.9 cm³/mol. The lowest BCUT2D eigenvalue weighted by Gasteiger charge is -2.17. The third-order valence-corrected chi connectivity index (χ3v) is 6.23. The van der Waals surface area contributed by atoms with Crippen molar-refractivity contribution >= 4 is 23.2 Å². The highest BCUT2D eigenvalue weighted by atomic mass is 35.5. The highest BCUT2D eigenvalue weighted by molar-refractivity contribution is 6.42. The van der Waals surface area contributed by atoms with E-state index < -0.39 is 0 Å². The van der Waals surface area contributed by atoms with Crippen LogP contribution in [-0.2, 0) is 0 Å². The molecule has 0 bridgehead atoms. The Labute approximate surface area is 126 Å². The molecule has 0 spiro atoms. The maximum Gasteiger partial charge on any atom is 0.0639 e. The molecule has 0 saturated heterocycles. The molecule has 1 aliphatic rings. The fraction of sp³-hybridized carbons (Fsp3) is 0.625. The van der Waals surface area contributed by atoms with Gasteiger partial charge in [0.15, 0.2) is 0 Å². The van der Waals surface area contributed by atoms with E-state index in [1.807, 2.05) is 18.2 Å². The van der Waals surface area contributed by atoms with Crippen LogP contribution < -0.4 is 5.32 Å². The van der Waals surface area contributed by atoms with Crippen LogP contribution in [0.4, 0.5) is 0 Å². The summed E-state index contributed by atoms with van der Waals surface area (Å²) < 4.78 is 0. The number of rotatable bonds is 4. The first-order valence-electron chi connectivity index (χ1n) is 6.87. The van der Waals surface area contributed by atoms with E-state index in [1.54, 1.807) is 0 Å². The molecule has 3 heteroatoms. The molecule has 1 aliphatic carbocycles. The number of halogens is 2. The molecule has 0 aromatic heterocycles. The quantitative estimate of drug-likeness (QED) is 0.793. The van der Waals surface area contributed by atoms with Crippen LogP contribution in [0.1, 0.15) is 46.2 Å². The van der Waals surface area contributed by atoms with Crippen molar-refractivity contribution in [2.24, 2.45) is 16.7 Å². The largest absolute Gasteiger partial charge is 0.310 e. The van der Waals surface area contributed by atoms with E-state index in [0.717, 1.165) is 12.1 Å². The van der Waals surface area contributed by atoms with Gasteiger partial charge in [-0.15, -0.1) is 0 Å². The lowest BCUT2D eigenvalue weighted by molar-refractivity contribution is 0.457. The molecule has 1 atom stereocenters. The van der Waals surface area contributed by atoms with E-state index >= 15 is 0 Å². The summed E-state index contributed by atoms with van der Waals surface area (Å²) in [6.45, 7) is 12.5. The van der Waals surface area contributed by atoms with Gasteiger partial charge in [-0.1, -0.05) is 63.0 Å². The fourth-order valence-corrected chi connectivity index (χ4v) is 3.57. The Kier molecular flexibility index (Phi) is 3.94. The SMILES string of the molecule is CC(NCC1C(C)(C)C1(C)C)c1cccc(Cl)c1Cl. The lowest BCUT2D eigenvalue weighted by Crippen LogP contribution is -2.23. The summed E-state index contributed by atoms with van der Waals surface area (Å²) in [5.41, 5.74) is 1.90. The van der Waals surface area contributed by atoms with Gasteiger partial charge in [0.05, 0.1) is 10.0 Å². The van der Waals surface area contributed by atoms with Gasteiger partial charge in [0.25, 0.3) is 0 Å². The number of hydrogen-bond acceptors (Lipinski definition) is 1. The van der Waals surface area contributed by atoms with Crippen LogP contribution in [0.2, 0.25) is 10.0 Å². The second kappa shape index (κ2) is 4.95. The van der Waals surface area contributed by atoms with Crippen molar-refractivity contribution < 1.29 is 0 Å². The van der Waals surface area contributed by atoms with Crippen molar-refractivity contribution in [3.8, 4) is 0 Å².